The molecule has 0 heterocycles. The molecule has 0 aliphatic rings. The zero-order valence-electron chi connectivity index (χ0n) is 23.5. The van der Waals surface area contributed by atoms with Crippen LogP contribution in [0.15, 0.2) is 30.4 Å². The monoisotopic (exact) mass is 488 g/mol. The Hall–Kier alpha value is -1.10. The smallest absolute Gasteiger partial charge is 0.120 e. The van der Waals surface area contributed by atoms with E-state index in [1.165, 1.54) is 69.8 Å². The predicted molar refractivity (Wildman–Crippen MR) is 155 cm³/mol. The molecule has 4 heteroatoms. The van der Waals surface area contributed by atoms with Crippen molar-refractivity contribution in [2.24, 2.45) is 0 Å². The van der Waals surface area contributed by atoms with Crippen molar-refractivity contribution >= 4 is 8.07 Å². The Bertz CT molecular complexity index is 668. The quantitative estimate of drug-likeness (QED) is 0.110. The van der Waals surface area contributed by atoms with E-state index in [4.69, 9.17) is 0 Å². The fourth-order valence-corrected chi connectivity index (χ4v) is 7.00. The molecule has 0 aliphatic heterocycles. The Balaban J connectivity index is 2.14. The van der Waals surface area contributed by atoms with Gasteiger partial charge in [-0.3, -0.25) is 0 Å². The molecule has 0 radical (unpaired) electrons. The van der Waals surface area contributed by atoms with Gasteiger partial charge in [-0.05, 0) is 89.3 Å². The molecule has 0 saturated heterocycles. The summed E-state index contributed by atoms with van der Waals surface area (Å²) in [6, 6.07) is 6.29. The molecule has 196 valence electrons. The Morgan fingerprint density at radius 3 is 2.35 bits per heavy atom. The molecule has 34 heavy (non-hydrogen) atoms. The highest BCUT2D eigenvalue weighted by molar-refractivity contribution is 6.77. The maximum Gasteiger partial charge on any atom is 0.120 e. The van der Waals surface area contributed by atoms with Gasteiger partial charge in [0.15, 0.2) is 0 Å². The third-order valence-corrected chi connectivity index (χ3v) is 10.1. The number of benzene rings is 1. The summed E-state index contributed by atoms with van der Waals surface area (Å²) < 4.78 is 0. The van der Waals surface area contributed by atoms with Gasteiger partial charge in [-0.2, -0.15) is 0 Å². The molecule has 0 fully saturated rings. The van der Waals surface area contributed by atoms with Crippen LogP contribution in [0.25, 0.3) is 0 Å². The molecule has 1 aromatic rings. The molecule has 1 rings (SSSR count). The molecular formula is C30H56N2OSi. The zero-order chi connectivity index (χ0) is 25.2. The lowest BCUT2D eigenvalue weighted by molar-refractivity contribution is 0.315. The van der Waals surface area contributed by atoms with Crippen molar-refractivity contribution in [2.45, 2.75) is 116 Å². The van der Waals surface area contributed by atoms with Crippen LogP contribution < -0.4 is 5.32 Å². The van der Waals surface area contributed by atoms with Gasteiger partial charge in [0.1, 0.15) is 5.75 Å². The highest BCUT2D eigenvalue weighted by Crippen LogP contribution is 2.31. The minimum Gasteiger partial charge on any atom is -0.508 e. The van der Waals surface area contributed by atoms with Gasteiger partial charge in [0.2, 0.25) is 0 Å². The molecule has 0 spiro atoms. The van der Waals surface area contributed by atoms with Gasteiger partial charge in [-0.15, -0.1) is 0 Å². The first kappa shape index (κ1) is 30.9. The number of allylic oxidation sites excluding steroid dienone is 2. The van der Waals surface area contributed by atoms with Crippen molar-refractivity contribution in [3.63, 3.8) is 0 Å². The van der Waals surface area contributed by atoms with E-state index in [1.54, 1.807) is 0 Å². The molecule has 2 N–H and O–H groups in total. The number of phenols is 1. The van der Waals surface area contributed by atoms with Crippen molar-refractivity contribution in [1.82, 2.24) is 10.2 Å². The Kier molecular flexibility index (Phi) is 16.6. The van der Waals surface area contributed by atoms with Crippen molar-refractivity contribution in [3.8, 4) is 5.75 Å². The number of nitrogens with zero attached hydrogens (tertiary/aromatic N) is 1. The average Bonchev–Trinajstić information content (AvgIpc) is 2.78. The van der Waals surface area contributed by atoms with Gasteiger partial charge in [-0.1, -0.05) is 83.0 Å². The Morgan fingerprint density at radius 2 is 1.68 bits per heavy atom. The van der Waals surface area contributed by atoms with Crippen LogP contribution in [-0.4, -0.2) is 45.3 Å². The molecule has 1 unspecified atom stereocenters. The van der Waals surface area contributed by atoms with Crippen LogP contribution in [0.1, 0.15) is 88.7 Å². The minimum atomic E-state index is -0.997. The van der Waals surface area contributed by atoms with E-state index >= 15 is 0 Å². The maximum atomic E-state index is 10.4. The first-order valence-electron chi connectivity index (χ1n) is 14.1. The number of rotatable bonds is 20. The molecule has 1 atom stereocenters. The van der Waals surface area contributed by atoms with Crippen LogP contribution >= 0.6 is 0 Å². The maximum absolute atomic E-state index is 10.4. The molecule has 1 aromatic carbocycles. The summed E-state index contributed by atoms with van der Waals surface area (Å²) in [5.41, 5.74) is 3.28. The van der Waals surface area contributed by atoms with Gasteiger partial charge in [0.05, 0.1) is 0 Å². The second-order valence-corrected chi connectivity index (χ2v) is 16.9. The summed E-state index contributed by atoms with van der Waals surface area (Å²) in [5.74, 6) is 0.454. The summed E-state index contributed by atoms with van der Waals surface area (Å²) in [6.07, 6.45) is 20.2. The molecule has 0 aliphatic carbocycles. The topological polar surface area (TPSA) is 35.5 Å². The summed E-state index contributed by atoms with van der Waals surface area (Å²) in [4.78, 5) is 2.28. The summed E-state index contributed by atoms with van der Waals surface area (Å²) in [5, 5.41) is 13.6. The molecular weight excluding hydrogens is 432 g/mol. The molecule has 0 amide bonds. The molecule has 3 nitrogen and oxygen atoms in total. The van der Waals surface area contributed by atoms with Crippen LogP contribution in [0, 0.1) is 0 Å². The number of hydrogen-bond acceptors (Lipinski definition) is 3. The van der Waals surface area contributed by atoms with Gasteiger partial charge in [-0.25, -0.2) is 0 Å². The van der Waals surface area contributed by atoms with Crippen molar-refractivity contribution in [3.05, 3.63) is 41.5 Å². The first-order chi connectivity index (χ1) is 16.3. The van der Waals surface area contributed by atoms with Crippen molar-refractivity contribution in [1.29, 1.82) is 0 Å². The van der Waals surface area contributed by atoms with Crippen LogP contribution in [0.2, 0.25) is 25.2 Å². The number of aryl methyl sites for hydroxylation is 1. The number of nitrogens with one attached hydrogen (secondary N) is 1. The lowest BCUT2D eigenvalue weighted by atomic mass is 10.0. The van der Waals surface area contributed by atoms with E-state index in [0.717, 1.165) is 43.6 Å². The largest absolute Gasteiger partial charge is 0.508 e. The zero-order valence-corrected chi connectivity index (χ0v) is 24.5. The van der Waals surface area contributed by atoms with E-state index in [-0.39, 0.29) is 0 Å². The summed E-state index contributed by atoms with van der Waals surface area (Å²) >= 11 is 0. The SMILES string of the molecule is CCCC(CC/C=C\CCCCCCCc1ccc(CN(C)CCCNC)c(O)c1)[Si](C)(C)C. The fraction of sp³-hybridized carbons (Fsp3) is 0.733. The van der Waals surface area contributed by atoms with Crippen molar-refractivity contribution < 1.29 is 5.11 Å². The van der Waals surface area contributed by atoms with Crippen molar-refractivity contribution in [2.75, 3.05) is 27.2 Å². The number of hydrogen-bond donors (Lipinski definition) is 2. The number of aromatic hydroxyl groups is 1. The Morgan fingerprint density at radius 1 is 0.971 bits per heavy atom. The first-order valence-corrected chi connectivity index (χ1v) is 17.6. The highest BCUT2D eigenvalue weighted by atomic mass is 28.3. The van der Waals surface area contributed by atoms with E-state index in [1.807, 2.05) is 13.1 Å². The lowest BCUT2D eigenvalue weighted by Crippen LogP contribution is -2.27. The second-order valence-electron chi connectivity index (χ2n) is 11.4. The summed E-state index contributed by atoms with van der Waals surface area (Å²) in [7, 11) is 3.11. The fourth-order valence-electron chi connectivity index (χ4n) is 4.81. The third-order valence-electron chi connectivity index (χ3n) is 7.10. The van der Waals surface area contributed by atoms with E-state index < -0.39 is 8.07 Å². The molecule has 0 aromatic heterocycles. The van der Waals surface area contributed by atoms with Crippen LogP contribution in [0.3, 0.4) is 0 Å². The number of unbranched alkanes of at least 4 members (excludes halogenated alkanes) is 5. The van der Waals surface area contributed by atoms with Gasteiger partial charge >= 0.3 is 0 Å². The third kappa shape index (κ3) is 14.3. The van der Waals surface area contributed by atoms with Crippen LogP contribution in [0.4, 0.5) is 0 Å². The summed E-state index contributed by atoms with van der Waals surface area (Å²) in [6.45, 7) is 12.8. The standard InChI is InChI=1S/C30H56N2OSi/c1-7-18-29(34(4,5)6)20-16-14-12-10-8-9-11-13-15-19-27-21-22-28(30(33)25-27)26-32(3)24-17-23-31-2/h12,14,21-22,25,29,31,33H,7-11,13,15-20,23-24,26H2,1-6H3/b14-12-. The van der Waals surface area contributed by atoms with Crippen LogP contribution in [-0.2, 0) is 13.0 Å². The van der Waals surface area contributed by atoms with Gasteiger partial charge in [0.25, 0.3) is 0 Å². The van der Waals surface area contributed by atoms with E-state index in [2.05, 4.69) is 68.1 Å². The minimum absolute atomic E-state index is 0.454. The lowest BCUT2D eigenvalue weighted by Gasteiger charge is -2.28. The highest BCUT2D eigenvalue weighted by Gasteiger charge is 2.24. The van der Waals surface area contributed by atoms with E-state index in [0.29, 0.717) is 5.75 Å². The van der Waals surface area contributed by atoms with Gasteiger partial charge in [0, 0.05) is 20.2 Å². The van der Waals surface area contributed by atoms with Gasteiger partial charge < -0.3 is 15.3 Å². The molecule has 0 bridgehead atoms. The van der Waals surface area contributed by atoms with Crippen LogP contribution in [0.5, 0.6) is 5.75 Å². The second kappa shape index (κ2) is 18.2. The average molecular weight is 489 g/mol. The number of phenolic OH excluding ortho intramolecular Hbond substituents is 1. The normalized spacial score (nSPS) is 13.3. The van der Waals surface area contributed by atoms with E-state index in [9.17, 15) is 5.11 Å². The predicted octanol–water partition coefficient (Wildman–Crippen LogP) is 8.16. The molecule has 0 saturated carbocycles. The Labute approximate surface area is 213 Å².